The number of amides is 1. The van der Waals surface area contributed by atoms with Crippen molar-refractivity contribution in [1.29, 1.82) is 0 Å². The molecule has 0 aliphatic rings. The van der Waals surface area contributed by atoms with Gasteiger partial charge in [0.25, 0.3) is 15.9 Å². The average molecular weight is 568 g/mol. The van der Waals surface area contributed by atoms with Crippen molar-refractivity contribution in [1.82, 2.24) is 5.32 Å². The summed E-state index contributed by atoms with van der Waals surface area (Å²) in [5.41, 5.74) is 0.398. The van der Waals surface area contributed by atoms with Gasteiger partial charge in [0.2, 0.25) is 0 Å². The van der Waals surface area contributed by atoms with Gasteiger partial charge in [0.15, 0.2) is 5.75 Å². The maximum Gasteiger partial charge on any atom is 0.325 e. The lowest BCUT2D eigenvalue weighted by atomic mass is 10.2. The number of hydrogen-bond donors (Lipinski definition) is 2. The van der Waals surface area contributed by atoms with E-state index < -0.39 is 21.9 Å². The average Bonchev–Trinajstić information content (AvgIpc) is 2.80. The van der Waals surface area contributed by atoms with E-state index >= 15 is 0 Å². The van der Waals surface area contributed by atoms with Gasteiger partial charge in [-0.25, -0.2) is 8.42 Å². The molecular formula is C23H20BrClN2O6S. The Morgan fingerprint density at radius 2 is 1.71 bits per heavy atom. The molecular weight excluding hydrogens is 548 g/mol. The fourth-order valence-electron chi connectivity index (χ4n) is 2.77. The maximum atomic E-state index is 12.9. The fraction of sp³-hybridized carbons (Fsp3) is 0.130. The van der Waals surface area contributed by atoms with Gasteiger partial charge in [0.05, 0.1) is 22.2 Å². The van der Waals surface area contributed by atoms with Crippen LogP contribution in [0.4, 0.5) is 5.69 Å². The van der Waals surface area contributed by atoms with Gasteiger partial charge in [-0.3, -0.25) is 14.3 Å². The lowest BCUT2D eigenvalue weighted by molar-refractivity contribution is -0.141. The van der Waals surface area contributed by atoms with Crippen molar-refractivity contribution in [3.8, 4) is 11.5 Å². The zero-order chi connectivity index (χ0) is 24.7. The Morgan fingerprint density at radius 3 is 2.38 bits per heavy atom. The highest BCUT2D eigenvalue weighted by atomic mass is 79.9. The first-order valence-electron chi connectivity index (χ1n) is 9.98. The van der Waals surface area contributed by atoms with Crippen LogP contribution in [0.2, 0.25) is 5.02 Å². The summed E-state index contributed by atoms with van der Waals surface area (Å²) in [6, 6.07) is 16.8. The number of para-hydroxylation sites is 2. The number of ether oxygens (including phenoxy) is 2. The van der Waals surface area contributed by atoms with Crippen LogP contribution in [0.25, 0.3) is 0 Å². The van der Waals surface area contributed by atoms with Crippen LogP contribution in [0.15, 0.2) is 76.1 Å². The molecule has 3 aromatic carbocycles. The Hall–Kier alpha value is -3.08. The van der Waals surface area contributed by atoms with Crippen LogP contribution in [-0.2, 0) is 19.6 Å². The van der Waals surface area contributed by atoms with E-state index in [4.69, 9.17) is 21.1 Å². The van der Waals surface area contributed by atoms with Crippen LogP contribution in [0.3, 0.4) is 0 Å². The van der Waals surface area contributed by atoms with Crippen molar-refractivity contribution in [3.05, 3.63) is 81.8 Å². The van der Waals surface area contributed by atoms with Gasteiger partial charge < -0.3 is 14.8 Å². The van der Waals surface area contributed by atoms with E-state index in [9.17, 15) is 18.0 Å². The Morgan fingerprint density at radius 1 is 1.00 bits per heavy atom. The minimum absolute atomic E-state index is 0.0640. The number of carbonyl (C=O) groups is 2. The fourth-order valence-corrected chi connectivity index (χ4v) is 4.55. The molecule has 0 aliphatic heterocycles. The van der Waals surface area contributed by atoms with Gasteiger partial charge in [0, 0.05) is 10.0 Å². The highest BCUT2D eigenvalue weighted by molar-refractivity contribution is 9.10. The lowest BCUT2D eigenvalue weighted by Crippen LogP contribution is -2.30. The van der Waals surface area contributed by atoms with Crippen LogP contribution in [0, 0.1) is 0 Å². The topological polar surface area (TPSA) is 111 Å². The van der Waals surface area contributed by atoms with Crippen molar-refractivity contribution >= 4 is 55.1 Å². The molecule has 0 fully saturated rings. The third-order valence-electron chi connectivity index (χ3n) is 4.37. The quantitative estimate of drug-likeness (QED) is 0.353. The number of benzene rings is 3. The number of nitrogens with one attached hydrogen (secondary N) is 2. The number of anilines is 1. The van der Waals surface area contributed by atoms with Gasteiger partial charge in [-0.2, -0.15) is 0 Å². The van der Waals surface area contributed by atoms with Crippen molar-refractivity contribution in [3.63, 3.8) is 0 Å². The van der Waals surface area contributed by atoms with E-state index in [0.717, 1.165) is 4.47 Å². The van der Waals surface area contributed by atoms with Crippen molar-refractivity contribution in [2.45, 2.75) is 11.8 Å². The molecule has 0 unspecified atom stereocenters. The second-order valence-electron chi connectivity index (χ2n) is 6.79. The molecule has 3 aromatic rings. The monoisotopic (exact) mass is 566 g/mol. The Kier molecular flexibility index (Phi) is 8.54. The Balaban J connectivity index is 1.74. The number of hydrogen-bond acceptors (Lipinski definition) is 6. The molecule has 34 heavy (non-hydrogen) atoms. The molecule has 8 nitrogen and oxygen atoms in total. The highest BCUT2D eigenvalue weighted by Crippen LogP contribution is 2.35. The van der Waals surface area contributed by atoms with Crippen LogP contribution >= 0.6 is 27.5 Å². The van der Waals surface area contributed by atoms with Gasteiger partial charge in [-0.05, 0) is 61.5 Å². The van der Waals surface area contributed by atoms with Gasteiger partial charge >= 0.3 is 5.97 Å². The molecule has 0 aromatic heterocycles. The summed E-state index contributed by atoms with van der Waals surface area (Å²) in [7, 11) is -4.00. The van der Waals surface area contributed by atoms with Crippen LogP contribution < -0.4 is 14.8 Å². The largest absolute Gasteiger partial charge is 0.465 e. The van der Waals surface area contributed by atoms with E-state index in [1.165, 1.54) is 24.3 Å². The first kappa shape index (κ1) is 25.5. The van der Waals surface area contributed by atoms with E-state index in [2.05, 4.69) is 26.0 Å². The maximum absolute atomic E-state index is 12.9. The minimum Gasteiger partial charge on any atom is -0.465 e. The number of sulfonamides is 1. The van der Waals surface area contributed by atoms with E-state index in [-0.39, 0.29) is 35.0 Å². The van der Waals surface area contributed by atoms with Gasteiger partial charge in [-0.1, -0.05) is 39.7 Å². The zero-order valence-corrected chi connectivity index (χ0v) is 21.0. The minimum atomic E-state index is -4.00. The number of halogens is 2. The van der Waals surface area contributed by atoms with Crippen molar-refractivity contribution in [2.24, 2.45) is 0 Å². The van der Waals surface area contributed by atoms with E-state index in [1.807, 2.05) is 0 Å². The lowest BCUT2D eigenvalue weighted by Gasteiger charge is -2.14. The molecule has 0 aliphatic carbocycles. The molecule has 1 amide bonds. The van der Waals surface area contributed by atoms with Gasteiger partial charge in [0.1, 0.15) is 12.3 Å². The summed E-state index contributed by atoms with van der Waals surface area (Å²) >= 11 is 9.52. The molecule has 0 atom stereocenters. The summed E-state index contributed by atoms with van der Waals surface area (Å²) < 4.78 is 39.7. The highest BCUT2D eigenvalue weighted by Gasteiger charge is 2.18. The number of esters is 1. The van der Waals surface area contributed by atoms with Gasteiger partial charge in [-0.15, -0.1) is 0 Å². The summed E-state index contributed by atoms with van der Waals surface area (Å²) in [5.74, 6) is -0.486. The van der Waals surface area contributed by atoms with Crippen molar-refractivity contribution in [2.75, 3.05) is 17.9 Å². The smallest absolute Gasteiger partial charge is 0.325 e. The predicted molar refractivity (Wildman–Crippen MR) is 132 cm³/mol. The first-order valence-corrected chi connectivity index (χ1v) is 12.6. The van der Waals surface area contributed by atoms with E-state index in [1.54, 1.807) is 49.4 Å². The van der Waals surface area contributed by atoms with Crippen LogP contribution in [0.5, 0.6) is 11.5 Å². The SMILES string of the molecule is CCOC(=O)CNC(=O)c1ccc(S(=O)(=O)Nc2ccccc2Oc2ccc(Br)cc2Cl)cc1. The normalized spacial score (nSPS) is 10.9. The number of carbonyl (C=O) groups excluding carboxylic acids is 2. The first-order chi connectivity index (χ1) is 16.2. The molecule has 2 N–H and O–H groups in total. The second-order valence-corrected chi connectivity index (χ2v) is 9.80. The third-order valence-corrected chi connectivity index (χ3v) is 6.54. The van der Waals surface area contributed by atoms with Crippen LogP contribution in [-0.4, -0.2) is 33.4 Å². The standard InChI is InChI=1S/C23H20BrClN2O6S/c1-2-32-22(28)14-26-23(29)15-7-10-17(11-8-15)34(30,31)27-19-5-3-4-6-21(19)33-20-12-9-16(24)13-18(20)25/h3-13,27H,2,14H2,1H3,(H,26,29). The molecule has 178 valence electrons. The Labute approximate surface area is 210 Å². The molecule has 0 saturated carbocycles. The molecule has 0 radical (unpaired) electrons. The molecule has 11 heteroatoms. The second kappa shape index (κ2) is 11.4. The molecule has 0 saturated heterocycles. The summed E-state index contributed by atoms with van der Waals surface area (Å²) in [5, 5.41) is 2.76. The molecule has 0 heterocycles. The van der Waals surface area contributed by atoms with Crippen molar-refractivity contribution < 1.29 is 27.5 Å². The van der Waals surface area contributed by atoms with Crippen LogP contribution in [0.1, 0.15) is 17.3 Å². The van der Waals surface area contributed by atoms with E-state index in [0.29, 0.717) is 10.8 Å². The zero-order valence-electron chi connectivity index (χ0n) is 17.9. The predicted octanol–water partition coefficient (Wildman–Crippen LogP) is 4.99. The third kappa shape index (κ3) is 6.72. The molecule has 0 bridgehead atoms. The Bertz CT molecular complexity index is 1300. The summed E-state index contributed by atoms with van der Waals surface area (Å²) in [4.78, 5) is 23.5. The molecule has 3 rings (SSSR count). The number of rotatable bonds is 9. The molecule has 0 spiro atoms. The summed E-state index contributed by atoms with van der Waals surface area (Å²) in [6.45, 7) is 1.58. The summed E-state index contributed by atoms with van der Waals surface area (Å²) in [6.07, 6.45) is 0.